The zero-order chi connectivity index (χ0) is 22.2. The van der Waals surface area contributed by atoms with Crippen LogP contribution in [0.1, 0.15) is 15.9 Å². The van der Waals surface area contributed by atoms with Crippen LogP contribution in [0.25, 0.3) is 6.08 Å². The van der Waals surface area contributed by atoms with Gasteiger partial charge in [-0.05, 0) is 42.5 Å². The first kappa shape index (κ1) is 21.4. The van der Waals surface area contributed by atoms with Crippen molar-refractivity contribution in [2.45, 2.75) is 0 Å². The van der Waals surface area contributed by atoms with Crippen LogP contribution < -0.4 is 25.3 Å². The van der Waals surface area contributed by atoms with E-state index in [9.17, 15) is 9.59 Å². The molecule has 8 heteroatoms. The molecule has 0 radical (unpaired) electrons. The van der Waals surface area contributed by atoms with Gasteiger partial charge in [0.25, 0.3) is 0 Å². The first-order valence-electron chi connectivity index (χ1n) is 9.23. The maximum Gasteiger partial charge on any atom is 0.248 e. The summed E-state index contributed by atoms with van der Waals surface area (Å²) in [4.78, 5) is 27.6. The SMILES string of the molecule is COc1ccc(/C=C/C(=O)Nc2ccc(Oc3cccc(C(N)=O)c3)nc2)c(OC)c1. The Morgan fingerprint density at radius 3 is 2.52 bits per heavy atom. The second kappa shape index (κ2) is 9.93. The van der Waals surface area contributed by atoms with E-state index in [2.05, 4.69) is 10.3 Å². The lowest BCUT2D eigenvalue weighted by molar-refractivity contribution is -0.111. The summed E-state index contributed by atoms with van der Waals surface area (Å²) in [5.74, 6) is 1.11. The number of methoxy groups -OCH3 is 2. The molecule has 3 N–H and O–H groups in total. The molecule has 1 aromatic heterocycles. The van der Waals surface area contributed by atoms with Crippen LogP contribution >= 0.6 is 0 Å². The third kappa shape index (κ3) is 5.83. The number of nitrogens with zero attached hydrogens (tertiary/aromatic N) is 1. The highest BCUT2D eigenvalue weighted by atomic mass is 16.5. The number of nitrogens with two attached hydrogens (primary N) is 1. The number of aromatic nitrogens is 1. The number of anilines is 1. The number of nitrogens with one attached hydrogen (secondary N) is 1. The molecule has 0 bridgehead atoms. The van der Waals surface area contributed by atoms with Crippen LogP contribution in [0.15, 0.2) is 66.9 Å². The van der Waals surface area contributed by atoms with Crippen molar-refractivity contribution < 1.29 is 23.8 Å². The number of amides is 2. The standard InChI is InChI=1S/C23H21N3O5/c1-29-18-9-6-15(20(13-18)30-2)7-10-21(27)26-17-8-11-22(25-14-17)31-19-5-3-4-16(12-19)23(24)28/h3-14H,1-2H3,(H2,24,28)(H,26,27)/b10-7+. The molecule has 0 unspecified atom stereocenters. The first-order chi connectivity index (χ1) is 15.0. The predicted octanol–water partition coefficient (Wildman–Crippen LogP) is 3.64. The maximum absolute atomic E-state index is 12.2. The van der Waals surface area contributed by atoms with Crippen molar-refractivity contribution in [3.8, 4) is 23.1 Å². The van der Waals surface area contributed by atoms with Crippen LogP contribution in [0, 0.1) is 0 Å². The van der Waals surface area contributed by atoms with Gasteiger partial charge in [-0.15, -0.1) is 0 Å². The molecular formula is C23H21N3O5. The molecule has 0 aliphatic heterocycles. The lowest BCUT2D eigenvalue weighted by Gasteiger charge is -2.08. The van der Waals surface area contributed by atoms with Gasteiger partial charge < -0.3 is 25.3 Å². The summed E-state index contributed by atoms with van der Waals surface area (Å²) in [5, 5.41) is 2.72. The number of primary amides is 1. The number of carbonyl (C=O) groups is 2. The van der Waals surface area contributed by atoms with E-state index >= 15 is 0 Å². The van der Waals surface area contributed by atoms with Crippen molar-refractivity contribution in [2.24, 2.45) is 5.73 Å². The minimum Gasteiger partial charge on any atom is -0.497 e. The maximum atomic E-state index is 12.2. The van der Waals surface area contributed by atoms with E-state index < -0.39 is 5.91 Å². The number of hydrogen-bond donors (Lipinski definition) is 2. The Bertz CT molecular complexity index is 1110. The average molecular weight is 419 g/mol. The van der Waals surface area contributed by atoms with E-state index in [1.165, 1.54) is 18.3 Å². The van der Waals surface area contributed by atoms with E-state index in [-0.39, 0.29) is 5.91 Å². The lowest BCUT2D eigenvalue weighted by atomic mass is 10.1. The molecule has 0 aliphatic rings. The smallest absolute Gasteiger partial charge is 0.248 e. The molecular weight excluding hydrogens is 398 g/mol. The third-order valence-electron chi connectivity index (χ3n) is 4.20. The van der Waals surface area contributed by atoms with E-state index in [4.69, 9.17) is 19.9 Å². The molecule has 2 aromatic carbocycles. The zero-order valence-corrected chi connectivity index (χ0v) is 17.0. The van der Waals surface area contributed by atoms with Crippen molar-refractivity contribution in [1.82, 2.24) is 4.98 Å². The van der Waals surface area contributed by atoms with E-state index in [1.54, 1.807) is 68.8 Å². The highest BCUT2D eigenvalue weighted by molar-refractivity contribution is 6.02. The van der Waals surface area contributed by atoms with Gasteiger partial charge in [-0.1, -0.05) is 6.07 Å². The van der Waals surface area contributed by atoms with Crippen molar-refractivity contribution in [3.05, 3.63) is 78.0 Å². The normalized spacial score (nSPS) is 10.5. The molecule has 3 aromatic rings. The lowest BCUT2D eigenvalue weighted by Crippen LogP contribution is -2.10. The van der Waals surface area contributed by atoms with Gasteiger partial charge in [0.2, 0.25) is 17.7 Å². The van der Waals surface area contributed by atoms with Crippen LogP contribution in [0.4, 0.5) is 5.69 Å². The van der Waals surface area contributed by atoms with Crippen LogP contribution in [-0.4, -0.2) is 31.0 Å². The summed E-state index contributed by atoms with van der Waals surface area (Å²) in [6, 6.07) is 15.0. The second-order valence-electron chi connectivity index (χ2n) is 6.31. The van der Waals surface area contributed by atoms with Crippen molar-refractivity contribution in [1.29, 1.82) is 0 Å². The van der Waals surface area contributed by atoms with Crippen LogP contribution in [0.5, 0.6) is 23.1 Å². The molecule has 8 nitrogen and oxygen atoms in total. The molecule has 31 heavy (non-hydrogen) atoms. The van der Waals surface area contributed by atoms with Gasteiger partial charge in [0.05, 0.1) is 26.1 Å². The molecule has 0 fully saturated rings. The summed E-state index contributed by atoms with van der Waals surface area (Å²) in [7, 11) is 3.12. The van der Waals surface area contributed by atoms with E-state index in [0.717, 1.165) is 5.56 Å². The molecule has 0 spiro atoms. The first-order valence-corrected chi connectivity index (χ1v) is 9.23. The predicted molar refractivity (Wildman–Crippen MR) is 116 cm³/mol. The fourth-order valence-electron chi connectivity index (χ4n) is 2.65. The molecule has 0 saturated heterocycles. The second-order valence-corrected chi connectivity index (χ2v) is 6.31. The van der Waals surface area contributed by atoms with Crippen LogP contribution in [0.2, 0.25) is 0 Å². The Kier molecular flexibility index (Phi) is 6.85. The quantitative estimate of drug-likeness (QED) is 0.539. The Morgan fingerprint density at radius 2 is 1.84 bits per heavy atom. The molecule has 158 valence electrons. The van der Waals surface area contributed by atoms with Gasteiger partial charge in [-0.25, -0.2) is 4.98 Å². The largest absolute Gasteiger partial charge is 0.497 e. The van der Waals surface area contributed by atoms with E-state index in [0.29, 0.717) is 34.4 Å². The fraction of sp³-hybridized carbons (Fsp3) is 0.0870. The van der Waals surface area contributed by atoms with Gasteiger partial charge in [0, 0.05) is 29.3 Å². The average Bonchev–Trinajstić information content (AvgIpc) is 2.79. The summed E-state index contributed by atoms with van der Waals surface area (Å²) >= 11 is 0. The Morgan fingerprint density at radius 1 is 1.00 bits per heavy atom. The number of carbonyl (C=O) groups excluding carboxylic acids is 2. The Balaban J connectivity index is 1.62. The number of benzene rings is 2. The number of pyridine rings is 1. The molecule has 0 aliphatic carbocycles. The van der Waals surface area contributed by atoms with Crippen LogP contribution in [0.3, 0.4) is 0 Å². The third-order valence-corrected chi connectivity index (χ3v) is 4.20. The number of ether oxygens (including phenoxy) is 3. The van der Waals surface area contributed by atoms with E-state index in [1.807, 2.05) is 0 Å². The Hall–Kier alpha value is -4.33. The fourth-order valence-corrected chi connectivity index (χ4v) is 2.65. The number of hydrogen-bond acceptors (Lipinski definition) is 6. The van der Waals surface area contributed by atoms with Crippen molar-refractivity contribution >= 4 is 23.6 Å². The summed E-state index contributed by atoms with van der Waals surface area (Å²) in [6.45, 7) is 0. The van der Waals surface area contributed by atoms with Gasteiger partial charge in [0.15, 0.2) is 0 Å². The van der Waals surface area contributed by atoms with Gasteiger partial charge >= 0.3 is 0 Å². The molecule has 0 saturated carbocycles. The molecule has 1 heterocycles. The highest BCUT2D eigenvalue weighted by Gasteiger charge is 2.06. The summed E-state index contributed by atoms with van der Waals surface area (Å²) < 4.78 is 16.1. The summed E-state index contributed by atoms with van der Waals surface area (Å²) in [6.07, 6.45) is 4.50. The highest BCUT2D eigenvalue weighted by Crippen LogP contribution is 2.26. The summed E-state index contributed by atoms with van der Waals surface area (Å²) in [5.41, 5.74) is 6.83. The Labute approximate surface area is 179 Å². The van der Waals surface area contributed by atoms with Gasteiger partial charge in [-0.2, -0.15) is 0 Å². The van der Waals surface area contributed by atoms with Crippen molar-refractivity contribution in [2.75, 3.05) is 19.5 Å². The monoisotopic (exact) mass is 419 g/mol. The van der Waals surface area contributed by atoms with Crippen molar-refractivity contribution in [3.63, 3.8) is 0 Å². The number of rotatable bonds is 8. The zero-order valence-electron chi connectivity index (χ0n) is 17.0. The molecule has 3 rings (SSSR count). The minimum atomic E-state index is -0.545. The van der Waals surface area contributed by atoms with Crippen LogP contribution in [-0.2, 0) is 4.79 Å². The van der Waals surface area contributed by atoms with Gasteiger partial charge in [-0.3, -0.25) is 9.59 Å². The molecule has 0 atom stereocenters. The minimum absolute atomic E-state index is 0.304. The molecule has 2 amide bonds. The topological polar surface area (TPSA) is 113 Å². The van der Waals surface area contributed by atoms with Gasteiger partial charge in [0.1, 0.15) is 17.2 Å².